The van der Waals surface area contributed by atoms with E-state index in [1.807, 2.05) is 0 Å². The van der Waals surface area contributed by atoms with Crippen molar-refractivity contribution >= 4 is 40.1 Å². The Balaban J connectivity index is 2.82. The molecule has 0 aromatic heterocycles. The molecule has 0 aliphatic carbocycles. The maximum absolute atomic E-state index is 8.19. The quantitative estimate of drug-likeness (QED) is 0.461. The fourth-order valence-electron chi connectivity index (χ4n) is 0.129. The molecule has 0 unspecified atom stereocenters. The number of rotatable bonds is 2. The van der Waals surface area contributed by atoms with Gasteiger partial charge in [-0.05, 0) is 0 Å². The highest BCUT2D eigenvalue weighted by molar-refractivity contribution is 8.36. The van der Waals surface area contributed by atoms with E-state index in [0.717, 1.165) is 0 Å². The summed E-state index contributed by atoms with van der Waals surface area (Å²) in [5, 5.41) is 8.19. The average molecular weight is 153 g/mol. The number of hydrogen-bond donors (Lipinski definition) is 1. The standard InChI is InChI=1S/C3H6OS3/c4-1-2-7-3(5)6/h4H,1-2H2,(H,5,6)/p-1. The summed E-state index contributed by atoms with van der Waals surface area (Å²) in [7, 11) is 0. The molecule has 0 aliphatic heterocycles. The highest BCUT2D eigenvalue weighted by Crippen LogP contribution is 1.99. The van der Waals surface area contributed by atoms with Crippen LogP contribution in [-0.2, 0) is 12.6 Å². The van der Waals surface area contributed by atoms with Gasteiger partial charge in [0.25, 0.3) is 0 Å². The molecule has 7 heavy (non-hydrogen) atoms. The summed E-state index contributed by atoms with van der Waals surface area (Å²) >= 11 is 10.4. The molecule has 0 amide bonds. The molecule has 1 nitrogen and oxygen atoms in total. The van der Waals surface area contributed by atoms with Gasteiger partial charge in [0.1, 0.15) is 0 Å². The second-order valence-electron chi connectivity index (χ2n) is 0.822. The van der Waals surface area contributed by atoms with Gasteiger partial charge in [-0.3, -0.25) is 0 Å². The van der Waals surface area contributed by atoms with E-state index < -0.39 is 0 Å². The van der Waals surface area contributed by atoms with E-state index in [1.54, 1.807) is 0 Å². The van der Waals surface area contributed by atoms with Crippen molar-refractivity contribution in [3.8, 4) is 0 Å². The fourth-order valence-corrected chi connectivity index (χ4v) is 0.887. The normalized spacial score (nSPS) is 8.71. The van der Waals surface area contributed by atoms with Gasteiger partial charge >= 0.3 is 0 Å². The summed E-state index contributed by atoms with van der Waals surface area (Å²) in [6, 6.07) is 0. The molecule has 0 aromatic carbocycles. The van der Waals surface area contributed by atoms with Crippen LogP contribution in [0.25, 0.3) is 0 Å². The van der Waals surface area contributed by atoms with Crippen molar-refractivity contribution in [1.29, 1.82) is 0 Å². The monoisotopic (exact) mass is 153 g/mol. The molecule has 4 heteroatoms. The molecule has 0 rings (SSSR count). The SMILES string of the molecule is OCCSC(=S)[S-]. The fraction of sp³-hybridized carbons (Fsp3) is 0.667. The minimum Gasteiger partial charge on any atom is -0.422 e. The third-order valence-electron chi connectivity index (χ3n) is 0.311. The van der Waals surface area contributed by atoms with Crippen LogP contribution in [-0.4, -0.2) is 21.0 Å². The number of thioether (sulfide) groups is 1. The lowest BCUT2D eigenvalue weighted by atomic mass is 10.9. The van der Waals surface area contributed by atoms with Gasteiger partial charge in [-0.2, -0.15) is 0 Å². The van der Waals surface area contributed by atoms with Gasteiger partial charge in [0.15, 0.2) is 0 Å². The summed E-state index contributed by atoms with van der Waals surface area (Å²) in [5.74, 6) is 0.627. The maximum atomic E-state index is 8.19. The average Bonchev–Trinajstić information content (AvgIpc) is 1.61. The van der Waals surface area contributed by atoms with E-state index in [2.05, 4.69) is 24.8 Å². The summed E-state index contributed by atoms with van der Waals surface area (Å²) < 4.78 is 0.481. The van der Waals surface area contributed by atoms with Gasteiger partial charge in [0, 0.05) is 5.75 Å². The molecule has 0 fully saturated rings. The number of aliphatic hydroxyl groups is 1. The Kier molecular flexibility index (Phi) is 5.19. The van der Waals surface area contributed by atoms with Crippen LogP contribution < -0.4 is 0 Å². The zero-order chi connectivity index (χ0) is 5.70. The Morgan fingerprint density at radius 2 is 2.43 bits per heavy atom. The third kappa shape index (κ3) is 6.62. The number of aliphatic hydroxyl groups excluding tert-OH is 1. The van der Waals surface area contributed by atoms with E-state index in [0.29, 0.717) is 9.28 Å². The van der Waals surface area contributed by atoms with Crippen LogP contribution in [0.1, 0.15) is 0 Å². The van der Waals surface area contributed by atoms with Gasteiger partial charge in [-0.15, -0.1) is 11.8 Å². The van der Waals surface area contributed by atoms with Gasteiger partial charge in [-0.1, -0.05) is 3.53 Å². The Morgan fingerprint density at radius 3 is 2.57 bits per heavy atom. The Morgan fingerprint density at radius 1 is 1.86 bits per heavy atom. The Bertz CT molecular complexity index is 63.2. The summed E-state index contributed by atoms with van der Waals surface area (Å²) in [6.07, 6.45) is 0. The molecule has 42 valence electrons. The molecular weight excluding hydrogens is 148 g/mol. The first-order valence-electron chi connectivity index (χ1n) is 1.72. The van der Waals surface area contributed by atoms with Crippen molar-refractivity contribution in [2.24, 2.45) is 0 Å². The van der Waals surface area contributed by atoms with Crippen molar-refractivity contribution in [2.75, 3.05) is 12.4 Å². The predicted molar refractivity (Wildman–Crippen MR) is 39.5 cm³/mol. The topological polar surface area (TPSA) is 20.2 Å². The van der Waals surface area contributed by atoms with Crippen molar-refractivity contribution in [3.63, 3.8) is 0 Å². The highest BCUT2D eigenvalue weighted by atomic mass is 32.2. The zero-order valence-corrected chi connectivity index (χ0v) is 6.04. The van der Waals surface area contributed by atoms with Crippen LogP contribution in [0.5, 0.6) is 0 Å². The predicted octanol–water partition coefficient (Wildman–Crippen LogP) is 0.544. The second kappa shape index (κ2) is 4.77. The largest absolute Gasteiger partial charge is 0.422 e. The van der Waals surface area contributed by atoms with E-state index in [-0.39, 0.29) is 6.61 Å². The summed E-state index contributed by atoms with van der Waals surface area (Å²) in [6.45, 7) is 0.154. The molecule has 0 saturated heterocycles. The van der Waals surface area contributed by atoms with Crippen LogP contribution in [0.2, 0.25) is 0 Å². The lowest BCUT2D eigenvalue weighted by Gasteiger charge is -1.99. The smallest absolute Gasteiger partial charge is 0.0524 e. The second-order valence-corrected chi connectivity index (χ2v) is 3.52. The number of thiocarbonyl (C=S) groups is 1. The third-order valence-corrected chi connectivity index (χ3v) is 1.64. The molecule has 0 saturated carbocycles. The molecule has 0 radical (unpaired) electrons. The van der Waals surface area contributed by atoms with Gasteiger partial charge in [0.2, 0.25) is 0 Å². The van der Waals surface area contributed by atoms with Gasteiger partial charge in [-0.25, -0.2) is 0 Å². The van der Waals surface area contributed by atoms with Crippen LogP contribution in [0.15, 0.2) is 0 Å². The molecule has 0 heterocycles. The maximum Gasteiger partial charge on any atom is 0.0524 e. The van der Waals surface area contributed by atoms with E-state index in [1.165, 1.54) is 11.8 Å². The van der Waals surface area contributed by atoms with E-state index in [4.69, 9.17) is 5.11 Å². The first-order valence-corrected chi connectivity index (χ1v) is 3.52. The molecule has 0 aromatic rings. The van der Waals surface area contributed by atoms with Crippen LogP contribution in [0.4, 0.5) is 0 Å². The van der Waals surface area contributed by atoms with Crippen LogP contribution >= 0.6 is 24.0 Å². The van der Waals surface area contributed by atoms with Crippen molar-refractivity contribution in [3.05, 3.63) is 0 Å². The molecule has 1 N–H and O–H groups in total. The lowest BCUT2D eigenvalue weighted by Crippen LogP contribution is -1.88. The first kappa shape index (κ1) is 7.62. The summed E-state index contributed by atoms with van der Waals surface area (Å²) in [4.78, 5) is 0. The van der Waals surface area contributed by atoms with E-state index in [9.17, 15) is 0 Å². The molecule has 0 bridgehead atoms. The lowest BCUT2D eigenvalue weighted by molar-refractivity contribution is 0.323. The minimum atomic E-state index is 0.154. The molecule has 0 atom stereocenters. The van der Waals surface area contributed by atoms with Crippen LogP contribution in [0.3, 0.4) is 0 Å². The zero-order valence-electron chi connectivity index (χ0n) is 3.59. The van der Waals surface area contributed by atoms with Crippen molar-refractivity contribution < 1.29 is 5.11 Å². The minimum absolute atomic E-state index is 0.154. The Hall–Kier alpha value is 0.620. The van der Waals surface area contributed by atoms with Crippen LogP contribution in [0, 0.1) is 0 Å². The van der Waals surface area contributed by atoms with Gasteiger partial charge in [0.05, 0.1) is 6.61 Å². The molecular formula is C3H5OS3-. The molecule has 0 spiro atoms. The Labute approximate surface area is 57.9 Å². The van der Waals surface area contributed by atoms with Crippen molar-refractivity contribution in [2.45, 2.75) is 0 Å². The summed E-state index contributed by atoms with van der Waals surface area (Å²) in [5.41, 5.74) is 0. The first-order chi connectivity index (χ1) is 3.27. The highest BCUT2D eigenvalue weighted by Gasteiger charge is 1.77. The van der Waals surface area contributed by atoms with E-state index >= 15 is 0 Å². The van der Waals surface area contributed by atoms with Crippen molar-refractivity contribution in [1.82, 2.24) is 0 Å². The molecule has 0 aliphatic rings. The van der Waals surface area contributed by atoms with Gasteiger partial charge < -0.3 is 30.0 Å². The number of hydrogen-bond acceptors (Lipinski definition) is 4.